The van der Waals surface area contributed by atoms with E-state index < -0.39 is 12.1 Å². The zero-order chi connectivity index (χ0) is 23.9. The lowest BCUT2D eigenvalue weighted by atomic mass is 9.90. The Kier molecular flexibility index (Phi) is 7.62. The van der Waals surface area contributed by atoms with Crippen molar-refractivity contribution in [1.29, 1.82) is 0 Å². The number of nitrogens with one attached hydrogen (secondary N) is 2. The average Bonchev–Trinajstić information content (AvgIpc) is 3.16. The van der Waals surface area contributed by atoms with E-state index in [4.69, 9.17) is 9.84 Å². The molecule has 2 aliphatic carbocycles. The van der Waals surface area contributed by atoms with Crippen molar-refractivity contribution in [2.45, 2.75) is 44.1 Å². The molecule has 7 nitrogen and oxygen atoms in total. The second kappa shape index (κ2) is 11.0. The number of alkyl carbamates (subject to hydrolysis) is 1. The molecule has 7 heteroatoms. The molecule has 0 bridgehead atoms. The van der Waals surface area contributed by atoms with Crippen molar-refractivity contribution in [2.24, 2.45) is 5.92 Å². The van der Waals surface area contributed by atoms with Gasteiger partial charge in [0.1, 0.15) is 6.61 Å². The van der Waals surface area contributed by atoms with E-state index in [0.29, 0.717) is 32.2 Å². The monoisotopic (exact) mass is 462 g/mol. The first-order valence-corrected chi connectivity index (χ1v) is 11.8. The SMILES string of the molecule is O=C(O)CCCCNC(=O)C1CC=CC(NC(=O)OCC2c3ccccc3-c3ccccc32)C1. The summed E-state index contributed by atoms with van der Waals surface area (Å²) in [5.74, 6) is -1.13. The number of benzene rings is 2. The summed E-state index contributed by atoms with van der Waals surface area (Å²) in [7, 11) is 0. The van der Waals surface area contributed by atoms with Crippen LogP contribution in [0.25, 0.3) is 11.1 Å². The number of hydrogen-bond donors (Lipinski definition) is 3. The van der Waals surface area contributed by atoms with Crippen LogP contribution in [0, 0.1) is 5.92 Å². The Morgan fingerprint density at radius 2 is 1.65 bits per heavy atom. The van der Waals surface area contributed by atoms with Gasteiger partial charge in [-0.15, -0.1) is 0 Å². The van der Waals surface area contributed by atoms with Gasteiger partial charge in [0.2, 0.25) is 5.91 Å². The third-order valence-corrected chi connectivity index (χ3v) is 6.46. The molecule has 2 unspecified atom stereocenters. The normalized spacial score (nSPS) is 18.6. The highest BCUT2D eigenvalue weighted by Gasteiger charge is 2.30. The number of unbranched alkanes of at least 4 members (excludes halogenated alkanes) is 1. The topological polar surface area (TPSA) is 105 Å². The number of carboxylic acids is 1. The van der Waals surface area contributed by atoms with Crippen LogP contribution in [0.5, 0.6) is 0 Å². The third-order valence-electron chi connectivity index (χ3n) is 6.46. The van der Waals surface area contributed by atoms with E-state index in [0.717, 1.165) is 11.1 Å². The molecule has 2 aromatic rings. The number of carbonyl (C=O) groups excluding carboxylic acids is 2. The van der Waals surface area contributed by atoms with Gasteiger partial charge in [0.15, 0.2) is 0 Å². The smallest absolute Gasteiger partial charge is 0.407 e. The lowest BCUT2D eigenvalue weighted by Gasteiger charge is -2.25. The Bertz CT molecular complexity index is 1030. The molecular weight excluding hydrogens is 432 g/mol. The number of hydrogen-bond acceptors (Lipinski definition) is 4. The number of ether oxygens (including phenoxy) is 1. The molecule has 2 aromatic carbocycles. The maximum absolute atomic E-state index is 12.6. The summed E-state index contributed by atoms with van der Waals surface area (Å²) in [5, 5.41) is 14.4. The first-order chi connectivity index (χ1) is 16.5. The highest BCUT2D eigenvalue weighted by molar-refractivity contribution is 5.80. The molecule has 2 aliphatic rings. The summed E-state index contributed by atoms with van der Waals surface area (Å²) < 4.78 is 5.62. The fourth-order valence-electron chi connectivity index (χ4n) is 4.76. The van der Waals surface area contributed by atoms with E-state index in [1.807, 2.05) is 36.4 Å². The van der Waals surface area contributed by atoms with E-state index in [2.05, 4.69) is 34.9 Å². The molecule has 3 N–H and O–H groups in total. The number of carbonyl (C=O) groups is 3. The highest BCUT2D eigenvalue weighted by Crippen LogP contribution is 2.44. The van der Waals surface area contributed by atoms with Gasteiger partial charge in [-0.1, -0.05) is 60.7 Å². The van der Waals surface area contributed by atoms with E-state index in [1.54, 1.807) is 0 Å². The van der Waals surface area contributed by atoms with Crippen LogP contribution in [0.1, 0.15) is 49.1 Å². The summed E-state index contributed by atoms with van der Waals surface area (Å²) >= 11 is 0. The van der Waals surface area contributed by atoms with E-state index in [1.165, 1.54) is 11.1 Å². The molecule has 0 saturated carbocycles. The van der Waals surface area contributed by atoms with Crippen LogP contribution in [0.15, 0.2) is 60.7 Å². The molecule has 0 fully saturated rings. The maximum Gasteiger partial charge on any atom is 0.407 e. The van der Waals surface area contributed by atoms with E-state index >= 15 is 0 Å². The van der Waals surface area contributed by atoms with Crippen LogP contribution >= 0.6 is 0 Å². The zero-order valence-electron chi connectivity index (χ0n) is 19.0. The molecule has 2 amide bonds. The standard InChI is InChI=1S/C27H30N2O5/c30-25(31)14-5-6-15-28-26(32)18-8-7-9-19(16-18)29-27(33)34-17-24-22-12-3-1-10-20(22)21-11-2-4-13-23(21)24/h1-4,7,9-13,18-19,24H,5-6,8,14-17H2,(H,28,32)(H,29,33)(H,30,31). The first kappa shape index (κ1) is 23.5. The molecule has 2 atom stereocenters. The van der Waals surface area contributed by atoms with Crippen molar-refractivity contribution in [3.63, 3.8) is 0 Å². The van der Waals surface area contributed by atoms with Crippen molar-refractivity contribution < 1.29 is 24.2 Å². The summed E-state index contributed by atoms with van der Waals surface area (Å²) in [6, 6.07) is 16.1. The summed E-state index contributed by atoms with van der Waals surface area (Å²) in [6.45, 7) is 0.702. The largest absolute Gasteiger partial charge is 0.481 e. The van der Waals surface area contributed by atoms with E-state index in [-0.39, 0.29) is 36.8 Å². The van der Waals surface area contributed by atoms with Crippen LogP contribution in [0.4, 0.5) is 4.79 Å². The lowest BCUT2D eigenvalue weighted by Crippen LogP contribution is -2.41. The number of rotatable bonds is 9. The Hall–Kier alpha value is -3.61. The van der Waals surface area contributed by atoms with Crippen molar-refractivity contribution in [3.05, 3.63) is 71.8 Å². The van der Waals surface area contributed by atoms with Gasteiger partial charge in [0.05, 0.1) is 6.04 Å². The zero-order valence-corrected chi connectivity index (χ0v) is 19.0. The van der Waals surface area contributed by atoms with E-state index in [9.17, 15) is 14.4 Å². The van der Waals surface area contributed by atoms with Crippen molar-refractivity contribution in [1.82, 2.24) is 10.6 Å². The maximum atomic E-state index is 12.6. The molecule has 34 heavy (non-hydrogen) atoms. The predicted molar refractivity (Wildman–Crippen MR) is 128 cm³/mol. The van der Waals surface area contributed by atoms with Gasteiger partial charge < -0.3 is 20.5 Å². The number of amides is 2. The van der Waals surface area contributed by atoms with Crippen molar-refractivity contribution in [2.75, 3.05) is 13.2 Å². The fourth-order valence-corrected chi connectivity index (χ4v) is 4.76. The van der Waals surface area contributed by atoms with Gasteiger partial charge >= 0.3 is 12.1 Å². The molecular formula is C27H30N2O5. The minimum atomic E-state index is -0.828. The Morgan fingerprint density at radius 3 is 2.32 bits per heavy atom. The minimum absolute atomic E-state index is 0.000277. The summed E-state index contributed by atoms with van der Waals surface area (Å²) in [6.07, 6.45) is 5.70. The molecule has 0 saturated heterocycles. The second-order valence-electron chi connectivity index (χ2n) is 8.81. The Labute approximate surface area is 199 Å². The predicted octanol–water partition coefficient (Wildman–Crippen LogP) is 4.23. The molecule has 0 aromatic heterocycles. The van der Waals surface area contributed by atoms with Crippen LogP contribution in [-0.4, -0.2) is 42.3 Å². The number of fused-ring (bicyclic) bond motifs is 3. The Morgan fingerprint density at radius 1 is 0.971 bits per heavy atom. The molecule has 0 aliphatic heterocycles. The van der Waals surface area contributed by atoms with Gasteiger partial charge in [-0.05, 0) is 47.9 Å². The third kappa shape index (κ3) is 5.65. The van der Waals surface area contributed by atoms with Gasteiger partial charge in [-0.25, -0.2) is 4.79 Å². The van der Waals surface area contributed by atoms with Crippen molar-refractivity contribution >= 4 is 18.0 Å². The number of carboxylic acid groups (broad SMARTS) is 1. The van der Waals surface area contributed by atoms with Gasteiger partial charge in [-0.2, -0.15) is 0 Å². The van der Waals surface area contributed by atoms with Crippen LogP contribution in [0.3, 0.4) is 0 Å². The summed E-state index contributed by atoms with van der Waals surface area (Å²) in [5.41, 5.74) is 4.68. The van der Waals surface area contributed by atoms with Gasteiger partial charge in [0, 0.05) is 24.8 Å². The van der Waals surface area contributed by atoms with Crippen LogP contribution < -0.4 is 10.6 Å². The average molecular weight is 463 g/mol. The molecule has 0 heterocycles. The first-order valence-electron chi connectivity index (χ1n) is 11.8. The van der Waals surface area contributed by atoms with Gasteiger partial charge in [-0.3, -0.25) is 9.59 Å². The lowest BCUT2D eigenvalue weighted by molar-refractivity contribution is -0.137. The van der Waals surface area contributed by atoms with Crippen molar-refractivity contribution in [3.8, 4) is 11.1 Å². The highest BCUT2D eigenvalue weighted by atomic mass is 16.5. The van der Waals surface area contributed by atoms with Crippen LogP contribution in [-0.2, 0) is 14.3 Å². The Balaban J connectivity index is 1.25. The number of allylic oxidation sites excluding steroid dienone is 1. The van der Waals surface area contributed by atoms with Gasteiger partial charge in [0.25, 0.3) is 0 Å². The molecule has 178 valence electrons. The molecule has 4 rings (SSSR count). The molecule has 0 spiro atoms. The molecule has 0 radical (unpaired) electrons. The minimum Gasteiger partial charge on any atom is -0.481 e. The number of aliphatic carboxylic acids is 1. The fraction of sp³-hybridized carbons (Fsp3) is 0.370. The summed E-state index contributed by atoms with van der Waals surface area (Å²) in [4.78, 5) is 35.6. The van der Waals surface area contributed by atoms with Crippen LogP contribution in [0.2, 0.25) is 0 Å². The quantitative estimate of drug-likeness (QED) is 0.382. The second-order valence-corrected chi connectivity index (χ2v) is 8.81.